The third-order valence-corrected chi connectivity index (χ3v) is 4.69. The highest BCUT2D eigenvalue weighted by Crippen LogP contribution is 2.25. The lowest BCUT2D eigenvalue weighted by molar-refractivity contribution is -0.115. The van der Waals surface area contributed by atoms with Gasteiger partial charge in [0.2, 0.25) is 5.91 Å². The van der Waals surface area contributed by atoms with E-state index in [0.717, 1.165) is 14.2 Å². The van der Waals surface area contributed by atoms with Crippen LogP contribution in [0, 0.1) is 3.57 Å². The maximum absolute atomic E-state index is 12.1. The highest BCUT2D eigenvalue weighted by atomic mass is 127. The average molecular weight is 418 g/mol. The van der Waals surface area contributed by atoms with Crippen LogP contribution in [0.3, 0.4) is 0 Å². The van der Waals surface area contributed by atoms with E-state index in [4.69, 9.17) is 11.6 Å². The highest BCUT2D eigenvalue weighted by molar-refractivity contribution is 14.1. The average Bonchev–Trinajstić information content (AvgIpc) is 2.44. The summed E-state index contributed by atoms with van der Waals surface area (Å²) in [4.78, 5) is 13.1. The van der Waals surface area contributed by atoms with Crippen LogP contribution in [0.1, 0.15) is 6.92 Å². The van der Waals surface area contributed by atoms with E-state index < -0.39 is 0 Å². The van der Waals surface area contributed by atoms with Gasteiger partial charge in [-0.1, -0.05) is 11.6 Å². The van der Waals surface area contributed by atoms with E-state index in [-0.39, 0.29) is 11.2 Å². The summed E-state index contributed by atoms with van der Waals surface area (Å²) >= 11 is 9.59. The number of carbonyl (C=O) groups is 1. The van der Waals surface area contributed by atoms with Crippen LogP contribution in [0.5, 0.6) is 0 Å². The minimum Gasteiger partial charge on any atom is -0.325 e. The minimum atomic E-state index is -0.171. The van der Waals surface area contributed by atoms with Crippen LogP contribution < -0.4 is 5.32 Å². The van der Waals surface area contributed by atoms with E-state index in [1.54, 1.807) is 0 Å². The molecule has 1 atom stereocenters. The Bertz CT molecular complexity index is 586. The van der Waals surface area contributed by atoms with Crippen LogP contribution in [0.25, 0.3) is 0 Å². The van der Waals surface area contributed by atoms with Gasteiger partial charge < -0.3 is 5.32 Å². The molecule has 2 nitrogen and oxygen atoms in total. The molecule has 1 amide bonds. The van der Waals surface area contributed by atoms with E-state index >= 15 is 0 Å². The number of carbonyl (C=O) groups excluding carboxylic acids is 1. The number of amides is 1. The lowest BCUT2D eigenvalue weighted by Gasteiger charge is -2.12. The molecule has 5 heteroatoms. The Balaban J connectivity index is 1.94. The smallest absolute Gasteiger partial charge is 0.237 e. The van der Waals surface area contributed by atoms with Gasteiger partial charge in [-0.05, 0) is 78.0 Å². The SMILES string of the molecule is C[C@@H](Sc1ccc(Cl)cc1)C(=O)Nc1ccc(I)cc1. The van der Waals surface area contributed by atoms with Crippen LogP contribution in [-0.2, 0) is 4.79 Å². The van der Waals surface area contributed by atoms with Crippen molar-refractivity contribution in [1.29, 1.82) is 0 Å². The molecule has 0 aliphatic carbocycles. The van der Waals surface area contributed by atoms with E-state index in [2.05, 4.69) is 27.9 Å². The summed E-state index contributed by atoms with van der Waals surface area (Å²) < 4.78 is 1.14. The van der Waals surface area contributed by atoms with Crippen molar-refractivity contribution < 1.29 is 4.79 Å². The van der Waals surface area contributed by atoms with Gasteiger partial charge in [0.1, 0.15) is 0 Å². The van der Waals surface area contributed by atoms with E-state index in [9.17, 15) is 4.79 Å². The van der Waals surface area contributed by atoms with E-state index in [1.807, 2.05) is 55.5 Å². The van der Waals surface area contributed by atoms with Gasteiger partial charge in [0, 0.05) is 19.2 Å². The van der Waals surface area contributed by atoms with Gasteiger partial charge in [-0.3, -0.25) is 4.79 Å². The highest BCUT2D eigenvalue weighted by Gasteiger charge is 2.14. The Morgan fingerprint density at radius 1 is 1.15 bits per heavy atom. The Hall–Kier alpha value is -0.720. The molecule has 0 unspecified atom stereocenters. The molecular formula is C15H13ClINOS. The van der Waals surface area contributed by atoms with Crippen molar-refractivity contribution in [2.45, 2.75) is 17.1 Å². The molecule has 0 spiro atoms. The lowest BCUT2D eigenvalue weighted by Crippen LogP contribution is -2.22. The van der Waals surface area contributed by atoms with Gasteiger partial charge in [-0.2, -0.15) is 0 Å². The van der Waals surface area contributed by atoms with Crippen LogP contribution in [0.2, 0.25) is 5.02 Å². The predicted octanol–water partition coefficient (Wildman–Crippen LogP) is 5.06. The Kier molecular flexibility index (Phi) is 5.74. The summed E-state index contributed by atoms with van der Waals surface area (Å²) in [5, 5.41) is 3.44. The first-order valence-electron chi connectivity index (χ1n) is 6.03. The molecule has 0 saturated carbocycles. The summed E-state index contributed by atoms with van der Waals surface area (Å²) in [5.74, 6) is -0.00819. The van der Waals surface area contributed by atoms with Gasteiger partial charge >= 0.3 is 0 Å². The molecule has 2 rings (SSSR count). The number of benzene rings is 2. The zero-order valence-electron chi connectivity index (χ0n) is 10.8. The Morgan fingerprint density at radius 3 is 2.35 bits per heavy atom. The Morgan fingerprint density at radius 2 is 1.75 bits per heavy atom. The summed E-state index contributed by atoms with van der Waals surface area (Å²) in [7, 11) is 0. The largest absolute Gasteiger partial charge is 0.325 e. The third kappa shape index (κ3) is 4.68. The number of anilines is 1. The second kappa shape index (κ2) is 7.33. The number of nitrogens with one attached hydrogen (secondary N) is 1. The molecule has 2 aromatic rings. The molecule has 0 heterocycles. The van der Waals surface area contributed by atoms with Gasteiger partial charge in [0.05, 0.1) is 5.25 Å². The van der Waals surface area contributed by atoms with Crippen molar-refractivity contribution in [1.82, 2.24) is 0 Å². The van der Waals surface area contributed by atoms with Crippen molar-refractivity contribution in [3.05, 3.63) is 57.1 Å². The number of rotatable bonds is 4. The summed E-state index contributed by atoms with van der Waals surface area (Å²) in [6.07, 6.45) is 0. The quantitative estimate of drug-likeness (QED) is 0.556. The van der Waals surface area contributed by atoms with Crippen molar-refractivity contribution in [2.24, 2.45) is 0 Å². The zero-order valence-corrected chi connectivity index (χ0v) is 14.5. The molecule has 2 aromatic carbocycles. The van der Waals surface area contributed by atoms with Crippen LogP contribution in [0.4, 0.5) is 5.69 Å². The second-order valence-electron chi connectivity index (χ2n) is 4.21. The van der Waals surface area contributed by atoms with Crippen LogP contribution in [0.15, 0.2) is 53.4 Å². The molecular weight excluding hydrogens is 405 g/mol. The summed E-state index contributed by atoms with van der Waals surface area (Å²) in [6.45, 7) is 1.89. The fourth-order valence-corrected chi connectivity index (χ4v) is 2.90. The molecule has 0 aliphatic heterocycles. The standard InChI is InChI=1S/C15H13ClINOS/c1-10(20-14-8-2-11(16)3-9-14)15(19)18-13-6-4-12(17)5-7-13/h2-10H,1H3,(H,18,19)/t10-/m1/s1. The lowest BCUT2D eigenvalue weighted by atomic mass is 10.3. The molecule has 0 fully saturated rings. The molecule has 0 bridgehead atoms. The number of hydrogen-bond acceptors (Lipinski definition) is 2. The number of halogens is 2. The second-order valence-corrected chi connectivity index (χ2v) is 7.31. The van der Waals surface area contributed by atoms with Crippen molar-refractivity contribution >= 4 is 57.5 Å². The summed E-state index contributed by atoms with van der Waals surface area (Å²) in [5.41, 5.74) is 0.818. The first-order valence-corrected chi connectivity index (χ1v) is 8.37. The van der Waals surface area contributed by atoms with Gasteiger partial charge in [-0.25, -0.2) is 0 Å². The van der Waals surface area contributed by atoms with E-state index in [1.165, 1.54) is 11.8 Å². The fraction of sp³-hybridized carbons (Fsp3) is 0.133. The molecule has 104 valence electrons. The molecule has 0 radical (unpaired) electrons. The molecule has 0 saturated heterocycles. The van der Waals surface area contributed by atoms with E-state index in [0.29, 0.717) is 5.02 Å². The van der Waals surface area contributed by atoms with Crippen molar-refractivity contribution in [2.75, 3.05) is 5.32 Å². The maximum atomic E-state index is 12.1. The number of hydrogen-bond donors (Lipinski definition) is 1. The fourth-order valence-electron chi connectivity index (χ4n) is 1.55. The third-order valence-electron chi connectivity index (χ3n) is 2.61. The molecule has 1 N–H and O–H groups in total. The molecule has 0 aromatic heterocycles. The van der Waals surface area contributed by atoms with Crippen molar-refractivity contribution in [3.8, 4) is 0 Å². The van der Waals surface area contributed by atoms with Crippen LogP contribution in [-0.4, -0.2) is 11.2 Å². The van der Waals surface area contributed by atoms with Crippen molar-refractivity contribution in [3.63, 3.8) is 0 Å². The van der Waals surface area contributed by atoms with Crippen LogP contribution >= 0.6 is 46.0 Å². The molecule has 0 aliphatic rings. The van der Waals surface area contributed by atoms with Gasteiger partial charge in [-0.15, -0.1) is 11.8 Å². The topological polar surface area (TPSA) is 29.1 Å². The number of thioether (sulfide) groups is 1. The van der Waals surface area contributed by atoms with Gasteiger partial charge in [0.15, 0.2) is 0 Å². The monoisotopic (exact) mass is 417 g/mol. The normalized spacial score (nSPS) is 11.9. The summed E-state index contributed by atoms with van der Waals surface area (Å²) in [6, 6.07) is 15.2. The van der Waals surface area contributed by atoms with Gasteiger partial charge in [0.25, 0.3) is 0 Å². The Labute approximate surface area is 141 Å². The molecule has 20 heavy (non-hydrogen) atoms. The first kappa shape index (κ1) is 15.7. The zero-order chi connectivity index (χ0) is 14.5. The minimum absolute atomic E-state index is 0.00819. The predicted molar refractivity (Wildman–Crippen MR) is 94.6 cm³/mol. The maximum Gasteiger partial charge on any atom is 0.237 e. The first-order chi connectivity index (χ1) is 9.54.